The average molecular weight is 431 g/mol. The minimum absolute atomic E-state index is 0.0228. The average Bonchev–Trinajstić information content (AvgIpc) is 3.27. The van der Waals surface area contributed by atoms with Crippen LogP contribution in [-0.2, 0) is 17.7 Å². The number of H-pyrrole nitrogens is 1. The fourth-order valence-electron chi connectivity index (χ4n) is 4.16. The first-order valence-electron chi connectivity index (χ1n) is 9.59. The van der Waals surface area contributed by atoms with Gasteiger partial charge in [0.05, 0.1) is 18.8 Å². The van der Waals surface area contributed by atoms with E-state index in [1.165, 1.54) is 16.4 Å². The van der Waals surface area contributed by atoms with Crippen LogP contribution < -0.4 is 9.62 Å². The molecule has 158 valence electrons. The maximum absolute atomic E-state index is 13.4. The third-order valence-corrected chi connectivity index (χ3v) is 6.33. The van der Waals surface area contributed by atoms with Crippen LogP contribution in [0.5, 0.6) is 0 Å². The Bertz CT molecular complexity index is 1130. The second-order valence-electron chi connectivity index (χ2n) is 7.39. The summed E-state index contributed by atoms with van der Waals surface area (Å²) in [5.74, 6) is -0.767. The highest BCUT2D eigenvalue weighted by molar-refractivity contribution is 7.80. The second-order valence-corrected chi connectivity index (χ2v) is 8.30. The summed E-state index contributed by atoms with van der Waals surface area (Å²) in [4.78, 5) is 15.8. The van der Waals surface area contributed by atoms with Crippen molar-refractivity contribution in [1.29, 1.82) is 0 Å². The van der Waals surface area contributed by atoms with Gasteiger partial charge in [-0.05, 0) is 47.9 Å². The zero-order chi connectivity index (χ0) is 21.4. The fraction of sp³-hybridized carbons (Fsp3) is 0.286. The molecule has 1 aromatic heterocycles. The number of hydrogen-bond acceptors (Lipinski definition) is 3. The summed E-state index contributed by atoms with van der Waals surface area (Å²) in [5.41, 5.74) is 3.47. The van der Waals surface area contributed by atoms with Gasteiger partial charge in [-0.3, -0.25) is 13.7 Å². The van der Waals surface area contributed by atoms with Crippen molar-refractivity contribution in [3.05, 3.63) is 65.1 Å². The van der Waals surface area contributed by atoms with Gasteiger partial charge in [0, 0.05) is 22.9 Å². The topological polar surface area (TPSA) is 106 Å². The van der Waals surface area contributed by atoms with Crippen molar-refractivity contribution in [1.82, 2.24) is 10.3 Å². The third-order valence-electron chi connectivity index (χ3n) is 5.58. The lowest BCUT2D eigenvalue weighted by molar-refractivity contribution is 0.0930. The van der Waals surface area contributed by atoms with Gasteiger partial charge in [0.25, 0.3) is 17.2 Å². The van der Waals surface area contributed by atoms with E-state index in [2.05, 4.69) is 10.3 Å². The molecule has 1 aliphatic carbocycles. The molecule has 7 nitrogen and oxygen atoms in total. The van der Waals surface area contributed by atoms with Gasteiger partial charge in [-0.1, -0.05) is 19.1 Å². The number of halogens is 1. The first-order valence-corrected chi connectivity index (χ1v) is 10.7. The summed E-state index contributed by atoms with van der Waals surface area (Å²) < 4.78 is 36.1. The second kappa shape index (κ2) is 8.17. The molecule has 30 heavy (non-hydrogen) atoms. The summed E-state index contributed by atoms with van der Waals surface area (Å²) in [6, 6.07) is 11.2. The van der Waals surface area contributed by atoms with Crippen molar-refractivity contribution in [2.45, 2.75) is 25.3 Å². The van der Waals surface area contributed by atoms with Crippen LogP contribution >= 0.6 is 0 Å². The van der Waals surface area contributed by atoms with Gasteiger partial charge in [-0.2, -0.15) is 0 Å². The third kappa shape index (κ3) is 3.71. The SMILES string of the molecule is CC1c2c(cccc2N(CCO)S(=O)O)CC1NC(=O)c1cc2cc(F)ccc2[nH]1. The molecule has 3 atom stereocenters. The molecule has 1 heterocycles. The summed E-state index contributed by atoms with van der Waals surface area (Å²) in [7, 11) is 0. The van der Waals surface area contributed by atoms with Crippen molar-refractivity contribution >= 4 is 33.8 Å². The molecule has 1 aliphatic rings. The molecule has 0 spiro atoms. The molecule has 9 heteroatoms. The van der Waals surface area contributed by atoms with Gasteiger partial charge in [-0.25, -0.2) is 8.60 Å². The Morgan fingerprint density at radius 2 is 2.13 bits per heavy atom. The molecule has 0 saturated heterocycles. The standard InChI is InChI=1S/C21H22FN3O4S/c1-12-17(24-21(27)18-11-14-9-15(22)5-6-16(14)23-18)10-13-3-2-4-19(20(12)13)25(7-8-26)30(28)29/h2-6,9,11-12,17,23,26H,7-8,10H2,1H3,(H,24,27)(H,28,29). The minimum Gasteiger partial charge on any atom is -0.394 e. The lowest BCUT2D eigenvalue weighted by atomic mass is 9.98. The predicted molar refractivity (Wildman–Crippen MR) is 113 cm³/mol. The number of amides is 1. The highest BCUT2D eigenvalue weighted by Gasteiger charge is 2.34. The summed E-state index contributed by atoms with van der Waals surface area (Å²) in [5, 5.41) is 12.9. The predicted octanol–water partition coefficient (Wildman–Crippen LogP) is 2.70. The Labute approximate surface area is 175 Å². The van der Waals surface area contributed by atoms with E-state index in [0.717, 1.165) is 11.1 Å². The number of carbonyl (C=O) groups is 1. The van der Waals surface area contributed by atoms with Gasteiger partial charge >= 0.3 is 0 Å². The van der Waals surface area contributed by atoms with Crippen LogP contribution in [0.4, 0.5) is 10.1 Å². The Morgan fingerprint density at radius 1 is 1.33 bits per heavy atom. The highest BCUT2D eigenvalue weighted by atomic mass is 32.2. The molecule has 0 saturated carbocycles. The maximum atomic E-state index is 13.4. The van der Waals surface area contributed by atoms with Gasteiger partial charge < -0.3 is 15.4 Å². The van der Waals surface area contributed by atoms with E-state index in [4.69, 9.17) is 0 Å². The maximum Gasteiger partial charge on any atom is 0.267 e. The first-order chi connectivity index (χ1) is 14.4. The van der Waals surface area contributed by atoms with Crippen LogP contribution in [-0.4, -0.2) is 44.0 Å². The summed E-state index contributed by atoms with van der Waals surface area (Å²) >= 11 is -2.27. The number of hydrogen-bond donors (Lipinski definition) is 4. The minimum atomic E-state index is -2.27. The summed E-state index contributed by atoms with van der Waals surface area (Å²) in [6.07, 6.45) is 0.579. The normalized spacial score (nSPS) is 18.9. The first kappa shape index (κ1) is 20.5. The van der Waals surface area contributed by atoms with Crippen molar-refractivity contribution in [3.8, 4) is 0 Å². The Kier molecular flexibility index (Phi) is 5.59. The fourth-order valence-corrected chi connectivity index (χ4v) is 4.72. The van der Waals surface area contributed by atoms with Crippen molar-refractivity contribution in [3.63, 3.8) is 0 Å². The number of aromatic amines is 1. The van der Waals surface area contributed by atoms with Crippen molar-refractivity contribution in [2.75, 3.05) is 17.5 Å². The molecule has 0 radical (unpaired) electrons. The number of aliphatic hydroxyl groups is 1. The van der Waals surface area contributed by atoms with Crippen LogP contribution in [0.2, 0.25) is 0 Å². The van der Waals surface area contributed by atoms with E-state index < -0.39 is 11.3 Å². The van der Waals surface area contributed by atoms with Crippen molar-refractivity contribution in [2.24, 2.45) is 0 Å². The molecule has 0 aliphatic heterocycles. The number of rotatable bonds is 6. The molecule has 0 fully saturated rings. The Hall–Kier alpha value is -2.75. The molecule has 3 aromatic rings. The van der Waals surface area contributed by atoms with Gasteiger partial charge in [0.1, 0.15) is 11.5 Å². The number of carbonyl (C=O) groups excluding carboxylic acids is 1. The quantitative estimate of drug-likeness (QED) is 0.450. The van der Waals surface area contributed by atoms with E-state index in [1.807, 2.05) is 13.0 Å². The van der Waals surface area contributed by atoms with E-state index in [9.17, 15) is 23.1 Å². The molecular formula is C21H22FN3O4S. The smallest absolute Gasteiger partial charge is 0.267 e. The highest BCUT2D eigenvalue weighted by Crippen LogP contribution is 2.40. The zero-order valence-electron chi connectivity index (χ0n) is 16.3. The Balaban J connectivity index is 1.58. The van der Waals surface area contributed by atoms with Crippen molar-refractivity contribution < 1.29 is 23.1 Å². The molecular weight excluding hydrogens is 409 g/mol. The zero-order valence-corrected chi connectivity index (χ0v) is 17.1. The molecule has 3 unspecified atom stereocenters. The number of nitrogens with zero attached hydrogens (tertiary/aromatic N) is 1. The number of aromatic nitrogens is 1. The molecule has 1 amide bonds. The summed E-state index contributed by atoms with van der Waals surface area (Å²) in [6.45, 7) is 1.72. The lowest BCUT2D eigenvalue weighted by Gasteiger charge is -2.24. The number of anilines is 1. The molecule has 4 N–H and O–H groups in total. The monoisotopic (exact) mass is 431 g/mol. The van der Waals surface area contributed by atoms with Crippen LogP contribution in [0.25, 0.3) is 10.9 Å². The van der Waals surface area contributed by atoms with E-state index in [-0.39, 0.29) is 36.8 Å². The van der Waals surface area contributed by atoms with Crippen LogP contribution in [0.1, 0.15) is 34.5 Å². The van der Waals surface area contributed by atoms with Gasteiger partial charge in [0.2, 0.25) is 0 Å². The molecule has 0 bridgehead atoms. The van der Waals surface area contributed by atoms with Gasteiger partial charge in [-0.15, -0.1) is 0 Å². The van der Waals surface area contributed by atoms with E-state index in [1.54, 1.807) is 24.3 Å². The number of fused-ring (bicyclic) bond motifs is 2. The van der Waals surface area contributed by atoms with Gasteiger partial charge in [0.15, 0.2) is 0 Å². The van der Waals surface area contributed by atoms with E-state index in [0.29, 0.717) is 28.7 Å². The largest absolute Gasteiger partial charge is 0.394 e. The number of aliphatic hydroxyl groups excluding tert-OH is 1. The Morgan fingerprint density at radius 3 is 2.87 bits per heavy atom. The van der Waals surface area contributed by atoms with E-state index >= 15 is 0 Å². The van der Waals surface area contributed by atoms with Crippen LogP contribution in [0, 0.1) is 5.82 Å². The number of benzene rings is 2. The lowest BCUT2D eigenvalue weighted by Crippen LogP contribution is -2.37. The molecule has 4 rings (SSSR count). The van der Waals surface area contributed by atoms with Crippen LogP contribution in [0.15, 0.2) is 42.5 Å². The van der Waals surface area contributed by atoms with Crippen LogP contribution in [0.3, 0.4) is 0 Å². The molecule has 2 aromatic carbocycles. The number of nitrogens with one attached hydrogen (secondary N) is 2.